The number of hydrogen-bond donors (Lipinski definition) is 1. The number of para-hydroxylation sites is 1. The molecule has 0 aromatic heterocycles. The average Bonchev–Trinajstić information content (AvgIpc) is 2.75. The third-order valence-corrected chi connectivity index (χ3v) is 4.55. The van der Waals surface area contributed by atoms with Crippen molar-refractivity contribution in [3.05, 3.63) is 71.8 Å². The van der Waals surface area contributed by atoms with Gasteiger partial charge in [0.1, 0.15) is 0 Å². The molecule has 0 aliphatic carbocycles. The Morgan fingerprint density at radius 2 is 1.83 bits per heavy atom. The lowest BCUT2D eigenvalue weighted by atomic mass is 10.0. The summed E-state index contributed by atoms with van der Waals surface area (Å²) < 4.78 is 10.6. The lowest BCUT2D eigenvalue weighted by Crippen LogP contribution is -2.29. The fourth-order valence-electron chi connectivity index (χ4n) is 3.05. The largest absolute Gasteiger partial charge is 0.493 e. The van der Waals surface area contributed by atoms with Crippen molar-refractivity contribution < 1.29 is 19.1 Å². The van der Waals surface area contributed by atoms with Gasteiger partial charge in [0.25, 0.3) is 5.91 Å². The normalized spacial score (nSPS) is 12.0. The maximum absolute atomic E-state index is 12.2. The Hall–Kier alpha value is -3.54. The van der Waals surface area contributed by atoms with Crippen LogP contribution in [0.2, 0.25) is 0 Å². The van der Waals surface area contributed by atoms with Crippen molar-refractivity contribution in [1.29, 1.82) is 0 Å². The molecule has 6 nitrogen and oxygen atoms in total. The highest BCUT2D eigenvalue weighted by Gasteiger charge is 2.11. The summed E-state index contributed by atoms with van der Waals surface area (Å²) in [6.45, 7) is 1.76. The lowest BCUT2D eigenvalue weighted by Gasteiger charge is -2.14. The Balaban J connectivity index is 1.55. The summed E-state index contributed by atoms with van der Waals surface area (Å²) in [5, 5.41) is 9.09. The van der Waals surface area contributed by atoms with Gasteiger partial charge in [-0.2, -0.15) is 0 Å². The molecule has 3 aromatic carbocycles. The second-order valence-corrected chi connectivity index (χ2v) is 6.49. The quantitative estimate of drug-likeness (QED) is 0.463. The highest BCUT2D eigenvalue weighted by Crippen LogP contribution is 2.29. The minimum absolute atomic E-state index is 0.141. The second kappa shape index (κ2) is 9.59. The first kappa shape index (κ1) is 20.2. The predicted molar refractivity (Wildman–Crippen MR) is 114 cm³/mol. The van der Waals surface area contributed by atoms with E-state index >= 15 is 0 Å². The SMILES string of the molecule is COc1cccc(/C=N\OCC(=O)N[C@H](C)c2ccc3ccccc3c2)c1OC. The number of ether oxygens (including phenoxy) is 2. The zero-order chi connectivity index (χ0) is 20.6. The van der Waals surface area contributed by atoms with Crippen molar-refractivity contribution in [3.8, 4) is 11.5 Å². The Morgan fingerprint density at radius 3 is 2.59 bits per heavy atom. The van der Waals surface area contributed by atoms with Crippen LogP contribution in [0.15, 0.2) is 65.8 Å². The van der Waals surface area contributed by atoms with Crippen LogP contribution in [-0.4, -0.2) is 32.9 Å². The Morgan fingerprint density at radius 1 is 1.03 bits per heavy atom. The highest BCUT2D eigenvalue weighted by atomic mass is 16.6. The van der Waals surface area contributed by atoms with Crippen molar-refractivity contribution >= 4 is 22.9 Å². The van der Waals surface area contributed by atoms with Crippen LogP contribution in [-0.2, 0) is 9.63 Å². The first-order valence-electron chi connectivity index (χ1n) is 9.26. The van der Waals surface area contributed by atoms with Crippen LogP contribution in [0.3, 0.4) is 0 Å². The zero-order valence-electron chi connectivity index (χ0n) is 16.7. The second-order valence-electron chi connectivity index (χ2n) is 6.49. The fourth-order valence-corrected chi connectivity index (χ4v) is 3.05. The van der Waals surface area contributed by atoms with Gasteiger partial charge >= 0.3 is 0 Å². The van der Waals surface area contributed by atoms with Gasteiger partial charge in [0, 0.05) is 5.56 Å². The van der Waals surface area contributed by atoms with Crippen LogP contribution >= 0.6 is 0 Å². The van der Waals surface area contributed by atoms with Crippen LogP contribution in [0, 0.1) is 0 Å². The Labute approximate surface area is 170 Å². The van der Waals surface area contributed by atoms with Gasteiger partial charge in [-0.3, -0.25) is 4.79 Å². The molecule has 0 spiro atoms. The number of nitrogens with zero attached hydrogens (tertiary/aromatic N) is 1. The fraction of sp³-hybridized carbons (Fsp3) is 0.217. The van der Waals surface area contributed by atoms with E-state index in [0.29, 0.717) is 17.1 Å². The summed E-state index contributed by atoms with van der Waals surface area (Å²) in [5.41, 5.74) is 1.72. The van der Waals surface area contributed by atoms with Gasteiger partial charge in [-0.1, -0.05) is 47.6 Å². The molecule has 3 rings (SSSR count). The van der Waals surface area contributed by atoms with Crippen LogP contribution < -0.4 is 14.8 Å². The molecule has 0 aliphatic heterocycles. The summed E-state index contributed by atoms with van der Waals surface area (Å²) >= 11 is 0. The van der Waals surface area contributed by atoms with E-state index in [1.165, 1.54) is 11.6 Å². The number of benzene rings is 3. The summed E-state index contributed by atoms with van der Waals surface area (Å²) in [7, 11) is 3.12. The van der Waals surface area contributed by atoms with E-state index in [4.69, 9.17) is 14.3 Å². The molecule has 6 heteroatoms. The van der Waals surface area contributed by atoms with E-state index in [0.717, 1.165) is 10.9 Å². The van der Waals surface area contributed by atoms with Crippen LogP contribution in [0.1, 0.15) is 24.1 Å². The minimum Gasteiger partial charge on any atom is -0.493 e. The number of carbonyl (C=O) groups is 1. The lowest BCUT2D eigenvalue weighted by molar-refractivity contribution is -0.126. The molecule has 0 radical (unpaired) electrons. The number of amides is 1. The molecule has 1 N–H and O–H groups in total. The van der Waals surface area contributed by atoms with Crippen molar-refractivity contribution in [2.24, 2.45) is 5.16 Å². The van der Waals surface area contributed by atoms with Crippen LogP contribution in [0.25, 0.3) is 10.8 Å². The van der Waals surface area contributed by atoms with Gasteiger partial charge in [0.05, 0.1) is 26.5 Å². The molecule has 0 saturated carbocycles. The average molecular weight is 392 g/mol. The van der Waals surface area contributed by atoms with Gasteiger partial charge in [0.15, 0.2) is 18.1 Å². The Bertz CT molecular complexity index is 1020. The van der Waals surface area contributed by atoms with Crippen molar-refractivity contribution in [2.45, 2.75) is 13.0 Å². The van der Waals surface area contributed by atoms with Crippen molar-refractivity contribution in [1.82, 2.24) is 5.32 Å². The van der Waals surface area contributed by atoms with Gasteiger partial charge < -0.3 is 19.6 Å². The number of fused-ring (bicyclic) bond motifs is 1. The minimum atomic E-state index is -0.250. The van der Waals surface area contributed by atoms with Crippen molar-refractivity contribution in [2.75, 3.05) is 20.8 Å². The number of oxime groups is 1. The van der Waals surface area contributed by atoms with E-state index in [1.54, 1.807) is 20.3 Å². The number of rotatable bonds is 8. The third-order valence-electron chi connectivity index (χ3n) is 4.55. The summed E-state index contributed by atoms with van der Waals surface area (Å²) in [6, 6.07) is 19.5. The van der Waals surface area contributed by atoms with E-state index < -0.39 is 0 Å². The Kier molecular flexibility index (Phi) is 6.68. The molecule has 0 heterocycles. The summed E-state index contributed by atoms with van der Waals surface area (Å²) in [5.74, 6) is 0.899. The number of methoxy groups -OCH3 is 2. The molecule has 150 valence electrons. The molecule has 29 heavy (non-hydrogen) atoms. The van der Waals surface area contributed by atoms with E-state index in [1.807, 2.05) is 37.3 Å². The number of hydrogen-bond acceptors (Lipinski definition) is 5. The zero-order valence-corrected chi connectivity index (χ0v) is 16.7. The molecule has 1 amide bonds. The standard InChI is InChI=1S/C23H24N2O4/c1-16(18-12-11-17-7-4-5-8-19(17)13-18)25-22(26)15-29-24-14-20-9-6-10-21(27-2)23(20)28-3/h4-14,16H,15H2,1-3H3,(H,25,26)/b24-14-/t16-/m1/s1. The number of nitrogens with one attached hydrogen (secondary N) is 1. The molecular weight excluding hydrogens is 368 g/mol. The number of carbonyl (C=O) groups excluding carboxylic acids is 1. The summed E-state index contributed by atoms with van der Waals surface area (Å²) in [6.07, 6.45) is 1.49. The summed E-state index contributed by atoms with van der Waals surface area (Å²) in [4.78, 5) is 17.3. The molecular formula is C23H24N2O4. The van der Waals surface area contributed by atoms with Crippen LogP contribution in [0.5, 0.6) is 11.5 Å². The van der Waals surface area contributed by atoms with Crippen LogP contribution in [0.4, 0.5) is 0 Å². The van der Waals surface area contributed by atoms with Crippen molar-refractivity contribution in [3.63, 3.8) is 0 Å². The van der Waals surface area contributed by atoms with E-state index in [9.17, 15) is 4.79 Å². The molecule has 0 fully saturated rings. The molecule has 1 atom stereocenters. The molecule has 0 unspecified atom stereocenters. The molecule has 0 bridgehead atoms. The topological polar surface area (TPSA) is 69.2 Å². The van der Waals surface area contributed by atoms with E-state index in [2.05, 4.69) is 34.7 Å². The van der Waals surface area contributed by atoms with Gasteiger partial charge in [-0.25, -0.2) is 0 Å². The first-order valence-corrected chi connectivity index (χ1v) is 9.26. The highest BCUT2D eigenvalue weighted by molar-refractivity contribution is 5.85. The predicted octanol–water partition coefficient (Wildman–Crippen LogP) is 4.08. The van der Waals surface area contributed by atoms with E-state index in [-0.39, 0.29) is 18.6 Å². The molecule has 0 saturated heterocycles. The smallest absolute Gasteiger partial charge is 0.261 e. The molecule has 3 aromatic rings. The first-order chi connectivity index (χ1) is 14.1. The van der Waals surface area contributed by atoms with Gasteiger partial charge in [0.2, 0.25) is 0 Å². The maximum Gasteiger partial charge on any atom is 0.261 e. The van der Waals surface area contributed by atoms with Gasteiger partial charge in [-0.15, -0.1) is 0 Å². The molecule has 0 aliphatic rings. The van der Waals surface area contributed by atoms with Gasteiger partial charge in [-0.05, 0) is 41.5 Å². The maximum atomic E-state index is 12.2. The third kappa shape index (κ3) is 5.04. The monoisotopic (exact) mass is 392 g/mol.